The number of nitrogens with one attached hydrogen (secondary N) is 1. The zero-order valence-electron chi connectivity index (χ0n) is 15.7. The maximum absolute atomic E-state index is 12.7. The molecule has 1 atom stereocenters. The molecule has 2 aliphatic heterocycles. The summed E-state index contributed by atoms with van der Waals surface area (Å²) in [6.45, 7) is 3.97. The first-order valence-corrected chi connectivity index (χ1v) is 9.11. The van der Waals surface area contributed by atoms with Crippen LogP contribution in [0.5, 0.6) is 0 Å². The lowest BCUT2D eigenvalue weighted by atomic mass is 9.90. The molecule has 0 aromatic heterocycles. The normalized spacial score (nSPS) is 22.0. The molecule has 146 valence electrons. The molecule has 1 aromatic rings. The lowest BCUT2D eigenvalue weighted by Gasteiger charge is -2.25. The van der Waals surface area contributed by atoms with E-state index in [9.17, 15) is 19.5 Å². The molecule has 2 aliphatic rings. The molecular weight excluding hydrogens is 350 g/mol. The highest BCUT2D eigenvalue weighted by Gasteiger charge is 2.42. The van der Waals surface area contributed by atoms with Crippen LogP contribution in [-0.2, 0) is 9.53 Å². The fourth-order valence-electron chi connectivity index (χ4n) is 3.62. The van der Waals surface area contributed by atoms with Crippen molar-refractivity contribution < 1.29 is 24.2 Å². The number of methoxy groups -OCH3 is 1. The van der Waals surface area contributed by atoms with Crippen LogP contribution in [0, 0.1) is 5.41 Å². The predicted molar refractivity (Wildman–Crippen MR) is 100 cm³/mol. The maximum Gasteiger partial charge on any atom is 0.337 e. The van der Waals surface area contributed by atoms with E-state index in [0.717, 1.165) is 31.6 Å². The van der Waals surface area contributed by atoms with Crippen LogP contribution in [0.1, 0.15) is 36.5 Å². The van der Waals surface area contributed by atoms with Gasteiger partial charge in [-0.25, -0.2) is 9.59 Å². The van der Waals surface area contributed by atoms with Crippen molar-refractivity contribution in [1.82, 2.24) is 4.90 Å². The number of benzene rings is 1. The van der Waals surface area contributed by atoms with Crippen LogP contribution < -0.4 is 10.2 Å². The molecule has 0 aliphatic carbocycles. The molecule has 8 nitrogen and oxygen atoms in total. The zero-order chi connectivity index (χ0) is 19.6. The van der Waals surface area contributed by atoms with Gasteiger partial charge in [0.05, 0.1) is 29.5 Å². The van der Waals surface area contributed by atoms with E-state index in [2.05, 4.69) is 10.2 Å². The van der Waals surface area contributed by atoms with Gasteiger partial charge in [-0.2, -0.15) is 0 Å². The van der Waals surface area contributed by atoms with Crippen molar-refractivity contribution in [2.24, 2.45) is 5.41 Å². The monoisotopic (exact) mass is 375 g/mol. The van der Waals surface area contributed by atoms with E-state index in [1.54, 1.807) is 19.1 Å². The first-order valence-electron chi connectivity index (χ1n) is 9.11. The number of likely N-dealkylation sites (tertiary alicyclic amines) is 1. The minimum atomic E-state index is -0.928. The van der Waals surface area contributed by atoms with Crippen LogP contribution in [0.25, 0.3) is 0 Å². The number of hydrogen-bond donors (Lipinski definition) is 2. The van der Waals surface area contributed by atoms with Gasteiger partial charge in [0.2, 0.25) is 0 Å². The van der Waals surface area contributed by atoms with Gasteiger partial charge >= 0.3 is 18.0 Å². The molecule has 8 heteroatoms. The van der Waals surface area contributed by atoms with E-state index in [0.29, 0.717) is 24.2 Å². The molecule has 2 amide bonds. The summed E-state index contributed by atoms with van der Waals surface area (Å²) in [6, 6.07) is 4.76. The Morgan fingerprint density at radius 3 is 2.48 bits per heavy atom. The topological polar surface area (TPSA) is 99.2 Å². The number of carbonyl (C=O) groups is 3. The SMILES string of the molecule is COC(=O)c1ccc(N2CCCC2)c(NC(=O)N2CCC(C)(C(=O)O)C2)c1. The molecule has 1 unspecified atom stereocenters. The number of anilines is 2. The van der Waals surface area contributed by atoms with E-state index in [-0.39, 0.29) is 12.6 Å². The Bertz CT molecular complexity index is 760. The number of carbonyl (C=O) groups excluding carboxylic acids is 2. The average molecular weight is 375 g/mol. The molecule has 27 heavy (non-hydrogen) atoms. The third kappa shape index (κ3) is 3.84. The summed E-state index contributed by atoms with van der Waals surface area (Å²) < 4.78 is 4.77. The number of amides is 2. The van der Waals surface area contributed by atoms with Crippen LogP contribution in [-0.4, -0.2) is 61.3 Å². The van der Waals surface area contributed by atoms with Crippen molar-refractivity contribution in [2.45, 2.75) is 26.2 Å². The van der Waals surface area contributed by atoms with E-state index < -0.39 is 17.4 Å². The molecule has 3 rings (SSSR count). The lowest BCUT2D eigenvalue weighted by molar-refractivity contribution is -0.146. The first-order chi connectivity index (χ1) is 12.8. The third-order valence-corrected chi connectivity index (χ3v) is 5.38. The Balaban J connectivity index is 1.82. The zero-order valence-corrected chi connectivity index (χ0v) is 15.7. The van der Waals surface area contributed by atoms with E-state index in [4.69, 9.17) is 4.74 Å². The third-order valence-electron chi connectivity index (χ3n) is 5.38. The lowest BCUT2D eigenvalue weighted by Crippen LogP contribution is -2.37. The van der Waals surface area contributed by atoms with Gasteiger partial charge in [-0.15, -0.1) is 0 Å². The smallest absolute Gasteiger partial charge is 0.337 e. The second kappa shape index (κ2) is 7.46. The summed E-state index contributed by atoms with van der Waals surface area (Å²) in [5, 5.41) is 12.2. The van der Waals surface area contributed by atoms with Crippen molar-refractivity contribution in [2.75, 3.05) is 43.5 Å². The van der Waals surface area contributed by atoms with Crippen molar-refractivity contribution in [3.05, 3.63) is 23.8 Å². The highest BCUT2D eigenvalue weighted by molar-refractivity contribution is 5.98. The van der Waals surface area contributed by atoms with Crippen molar-refractivity contribution in [1.29, 1.82) is 0 Å². The van der Waals surface area contributed by atoms with Crippen molar-refractivity contribution in [3.63, 3.8) is 0 Å². The Hall–Kier alpha value is -2.77. The van der Waals surface area contributed by atoms with Gasteiger partial charge < -0.3 is 25.0 Å². The molecule has 0 saturated carbocycles. The number of urea groups is 1. The Morgan fingerprint density at radius 2 is 1.89 bits per heavy atom. The quantitative estimate of drug-likeness (QED) is 0.784. The molecule has 2 saturated heterocycles. The standard InChI is InChI=1S/C19H25N3O5/c1-19(17(24)25)7-10-22(12-19)18(26)20-14-11-13(16(23)27-2)5-6-15(14)21-8-3-4-9-21/h5-6,11H,3-4,7-10,12H2,1-2H3,(H,20,26)(H,24,25). The second-order valence-corrected chi connectivity index (χ2v) is 7.39. The van der Waals surface area contributed by atoms with Gasteiger partial charge in [0.25, 0.3) is 0 Å². The number of hydrogen-bond acceptors (Lipinski definition) is 5. The molecule has 2 heterocycles. The van der Waals surface area contributed by atoms with Gasteiger partial charge in [-0.05, 0) is 44.4 Å². The predicted octanol–water partition coefficient (Wildman–Crippen LogP) is 2.40. The number of carboxylic acids is 1. The van der Waals surface area contributed by atoms with Crippen molar-refractivity contribution in [3.8, 4) is 0 Å². The second-order valence-electron chi connectivity index (χ2n) is 7.39. The fourth-order valence-corrected chi connectivity index (χ4v) is 3.62. The van der Waals surface area contributed by atoms with E-state index in [1.807, 2.05) is 6.07 Å². The number of nitrogens with zero attached hydrogens (tertiary/aromatic N) is 2. The number of ether oxygens (including phenoxy) is 1. The molecular formula is C19H25N3O5. The van der Waals surface area contributed by atoms with E-state index in [1.165, 1.54) is 12.0 Å². The molecule has 0 spiro atoms. The minimum absolute atomic E-state index is 0.157. The summed E-state index contributed by atoms with van der Waals surface area (Å²) in [5.74, 6) is -1.37. The van der Waals surface area contributed by atoms with Crippen LogP contribution in [0.15, 0.2) is 18.2 Å². The van der Waals surface area contributed by atoms with Crippen LogP contribution in [0.3, 0.4) is 0 Å². The van der Waals surface area contributed by atoms with Gasteiger partial charge in [-0.1, -0.05) is 0 Å². The summed E-state index contributed by atoms with van der Waals surface area (Å²) in [4.78, 5) is 39.7. The maximum atomic E-state index is 12.7. The summed E-state index contributed by atoms with van der Waals surface area (Å²) in [6.07, 6.45) is 2.57. The Kier molecular flexibility index (Phi) is 5.25. The van der Waals surface area contributed by atoms with Gasteiger partial charge in [0.15, 0.2) is 0 Å². The molecule has 1 aromatic carbocycles. The number of esters is 1. The van der Waals surface area contributed by atoms with Crippen LogP contribution in [0.2, 0.25) is 0 Å². The van der Waals surface area contributed by atoms with Gasteiger partial charge in [-0.3, -0.25) is 4.79 Å². The fraction of sp³-hybridized carbons (Fsp3) is 0.526. The number of aliphatic carboxylic acids is 1. The first kappa shape index (κ1) is 19.0. The molecule has 0 radical (unpaired) electrons. The molecule has 2 fully saturated rings. The summed E-state index contributed by atoms with van der Waals surface area (Å²) >= 11 is 0. The largest absolute Gasteiger partial charge is 0.481 e. The summed E-state index contributed by atoms with van der Waals surface area (Å²) in [5.41, 5.74) is 0.818. The van der Waals surface area contributed by atoms with Gasteiger partial charge in [0.1, 0.15) is 0 Å². The van der Waals surface area contributed by atoms with Crippen molar-refractivity contribution >= 4 is 29.3 Å². The van der Waals surface area contributed by atoms with Crippen LogP contribution in [0.4, 0.5) is 16.2 Å². The van der Waals surface area contributed by atoms with E-state index >= 15 is 0 Å². The highest BCUT2D eigenvalue weighted by Crippen LogP contribution is 2.33. The number of rotatable bonds is 4. The molecule has 2 N–H and O–H groups in total. The van der Waals surface area contributed by atoms with Crippen LogP contribution >= 0.6 is 0 Å². The van der Waals surface area contributed by atoms with Gasteiger partial charge in [0, 0.05) is 26.2 Å². The average Bonchev–Trinajstić information content (AvgIpc) is 3.31. The minimum Gasteiger partial charge on any atom is -0.481 e. The number of carboxylic acid groups (broad SMARTS) is 1. The summed E-state index contributed by atoms with van der Waals surface area (Å²) in [7, 11) is 1.31. The Morgan fingerprint density at radius 1 is 1.19 bits per heavy atom. The highest BCUT2D eigenvalue weighted by atomic mass is 16.5. The molecule has 0 bridgehead atoms. The Labute approximate surface area is 158 Å².